The van der Waals surface area contributed by atoms with Gasteiger partial charge >= 0.3 is 0 Å². The summed E-state index contributed by atoms with van der Waals surface area (Å²) >= 11 is 1.46. The number of aromatic amines is 1. The van der Waals surface area contributed by atoms with Gasteiger partial charge in [0.1, 0.15) is 17.7 Å². The fourth-order valence-electron chi connectivity index (χ4n) is 2.70. The Morgan fingerprint density at radius 1 is 1.19 bits per heavy atom. The number of pyridine rings is 1. The highest BCUT2D eigenvalue weighted by Crippen LogP contribution is 2.25. The van der Waals surface area contributed by atoms with Crippen LogP contribution in [0.5, 0.6) is 0 Å². The summed E-state index contributed by atoms with van der Waals surface area (Å²) in [5, 5.41) is 17.1. The lowest BCUT2D eigenvalue weighted by atomic mass is 10.2. The highest BCUT2D eigenvalue weighted by molar-refractivity contribution is 7.98. The first kappa shape index (κ1) is 17.1. The van der Waals surface area contributed by atoms with Gasteiger partial charge in [0.25, 0.3) is 0 Å². The zero-order chi connectivity index (χ0) is 18.6. The van der Waals surface area contributed by atoms with Crippen LogP contribution in [0.4, 0.5) is 4.39 Å². The van der Waals surface area contributed by atoms with Crippen LogP contribution < -0.4 is 0 Å². The molecular weight excluding hydrogens is 361 g/mol. The molecule has 1 aromatic carbocycles. The van der Waals surface area contributed by atoms with E-state index >= 15 is 0 Å². The summed E-state index contributed by atoms with van der Waals surface area (Å²) in [6.45, 7) is 0. The average Bonchev–Trinajstić information content (AvgIpc) is 3.29. The highest BCUT2D eigenvalue weighted by Gasteiger charge is 2.11. The Morgan fingerprint density at radius 2 is 2.04 bits per heavy atom. The molecule has 3 aromatic heterocycles. The second-order valence-electron chi connectivity index (χ2n) is 5.81. The smallest absolute Gasteiger partial charge is 0.209 e. The van der Waals surface area contributed by atoms with Crippen LogP contribution in [0.15, 0.2) is 60.0 Å². The van der Waals surface area contributed by atoms with E-state index in [2.05, 4.69) is 21.3 Å². The first-order valence-electron chi connectivity index (χ1n) is 8.20. The maximum atomic E-state index is 12.9. The van der Waals surface area contributed by atoms with E-state index in [0.29, 0.717) is 22.3 Å². The Bertz CT molecular complexity index is 1150. The molecule has 132 valence electrons. The lowest BCUT2D eigenvalue weighted by molar-refractivity contribution is 0.628. The van der Waals surface area contributed by atoms with Crippen molar-refractivity contribution in [3.8, 4) is 6.07 Å². The molecule has 0 aliphatic heterocycles. The highest BCUT2D eigenvalue weighted by atomic mass is 32.2. The number of fused-ring (bicyclic) bond motifs is 1. The number of benzene rings is 1. The molecule has 4 rings (SSSR count). The standard InChI is InChI=1S/C20H14FN5S/c21-16-7-4-14(5-8-16)6-9-19-23-20(25-24-19)27-13-15-12-26-10-2-1-3-18(26)17(15)11-22/h1-10,12H,13H2,(H,23,24,25)/b9-6+. The summed E-state index contributed by atoms with van der Waals surface area (Å²) in [6.07, 6.45) is 7.51. The summed E-state index contributed by atoms with van der Waals surface area (Å²) < 4.78 is 14.9. The van der Waals surface area contributed by atoms with Crippen molar-refractivity contribution in [1.82, 2.24) is 19.6 Å². The van der Waals surface area contributed by atoms with Crippen LogP contribution in [-0.2, 0) is 5.75 Å². The van der Waals surface area contributed by atoms with Crippen LogP contribution in [-0.4, -0.2) is 19.6 Å². The third-order valence-corrected chi connectivity index (χ3v) is 4.91. The van der Waals surface area contributed by atoms with Crippen LogP contribution >= 0.6 is 11.8 Å². The van der Waals surface area contributed by atoms with Crippen molar-refractivity contribution in [3.05, 3.63) is 83.2 Å². The fourth-order valence-corrected chi connectivity index (χ4v) is 3.48. The van der Waals surface area contributed by atoms with Gasteiger partial charge < -0.3 is 4.40 Å². The van der Waals surface area contributed by atoms with Gasteiger partial charge in [-0.05, 0) is 41.5 Å². The van der Waals surface area contributed by atoms with E-state index < -0.39 is 0 Å². The lowest BCUT2D eigenvalue weighted by Gasteiger charge is -1.94. The summed E-state index contributed by atoms with van der Waals surface area (Å²) in [7, 11) is 0. The van der Waals surface area contributed by atoms with Crippen molar-refractivity contribution >= 4 is 29.4 Å². The van der Waals surface area contributed by atoms with Crippen molar-refractivity contribution in [2.75, 3.05) is 0 Å². The van der Waals surface area contributed by atoms with Crippen molar-refractivity contribution in [2.45, 2.75) is 10.9 Å². The summed E-state index contributed by atoms with van der Waals surface area (Å²) in [6, 6.07) is 14.3. The van der Waals surface area contributed by atoms with Gasteiger partial charge in [-0.2, -0.15) is 5.26 Å². The van der Waals surface area contributed by atoms with Crippen LogP contribution in [0.1, 0.15) is 22.5 Å². The zero-order valence-corrected chi connectivity index (χ0v) is 14.9. The van der Waals surface area contributed by atoms with E-state index in [1.165, 1.54) is 23.9 Å². The molecule has 0 atom stereocenters. The number of nitrogens with zero attached hydrogens (tertiary/aromatic N) is 4. The van der Waals surface area contributed by atoms with Crippen molar-refractivity contribution in [1.29, 1.82) is 5.26 Å². The Labute approximate surface area is 159 Å². The van der Waals surface area contributed by atoms with Gasteiger partial charge in [0.15, 0.2) is 0 Å². The number of hydrogen-bond acceptors (Lipinski definition) is 4. The van der Waals surface area contributed by atoms with E-state index in [9.17, 15) is 9.65 Å². The predicted octanol–water partition coefficient (Wildman–Crippen LogP) is 4.53. The lowest BCUT2D eigenvalue weighted by Crippen LogP contribution is -1.83. The molecule has 0 saturated heterocycles. The minimum absolute atomic E-state index is 0.263. The van der Waals surface area contributed by atoms with E-state index in [-0.39, 0.29) is 5.82 Å². The molecule has 0 aliphatic carbocycles. The normalized spacial score (nSPS) is 11.3. The van der Waals surface area contributed by atoms with Crippen LogP contribution in [0.3, 0.4) is 0 Å². The number of aromatic nitrogens is 4. The van der Waals surface area contributed by atoms with Crippen molar-refractivity contribution in [2.24, 2.45) is 0 Å². The minimum Gasteiger partial charge on any atom is -0.322 e. The molecule has 27 heavy (non-hydrogen) atoms. The van der Waals surface area contributed by atoms with Crippen LogP contribution in [0.25, 0.3) is 17.7 Å². The molecule has 7 heteroatoms. The topological polar surface area (TPSA) is 69.8 Å². The number of H-pyrrole nitrogens is 1. The Balaban J connectivity index is 1.46. The molecular formula is C20H14FN5S. The zero-order valence-electron chi connectivity index (χ0n) is 14.1. The fraction of sp³-hybridized carbons (Fsp3) is 0.0500. The quantitative estimate of drug-likeness (QED) is 0.520. The van der Waals surface area contributed by atoms with Gasteiger partial charge in [0.2, 0.25) is 5.16 Å². The number of rotatable bonds is 5. The molecule has 0 unspecified atom stereocenters. The summed E-state index contributed by atoms with van der Waals surface area (Å²) in [4.78, 5) is 4.41. The summed E-state index contributed by atoms with van der Waals surface area (Å²) in [5.74, 6) is 0.953. The minimum atomic E-state index is -0.263. The monoisotopic (exact) mass is 375 g/mol. The van der Waals surface area contributed by atoms with Gasteiger partial charge in [-0.1, -0.05) is 36.0 Å². The van der Waals surface area contributed by atoms with Crippen molar-refractivity contribution in [3.63, 3.8) is 0 Å². The molecule has 0 fully saturated rings. The maximum Gasteiger partial charge on any atom is 0.209 e. The summed E-state index contributed by atoms with van der Waals surface area (Å²) in [5.41, 5.74) is 3.40. The van der Waals surface area contributed by atoms with E-state index in [4.69, 9.17) is 0 Å². The molecule has 1 N–H and O–H groups in total. The SMILES string of the molecule is N#Cc1c(CSc2n[nH]c(/C=C/c3ccc(F)cc3)n2)cn2ccccc12. The molecule has 5 nitrogen and oxygen atoms in total. The molecule has 0 amide bonds. The molecule has 0 spiro atoms. The molecule has 4 aromatic rings. The first-order chi connectivity index (χ1) is 13.2. The van der Waals surface area contributed by atoms with Crippen LogP contribution in [0.2, 0.25) is 0 Å². The Morgan fingerprint density at radius 3 is 2.85 bits per heavy atom. The second-order valence-corrected chi connectivity index (χ2v) is 6.75. The first-order valence-corrected chi connectivity index (χ1v) is 9.19. The predicted molar refractivity (Wildman–Crippen MR) is 103 cm³/mol. The van der Waals surface area contributed by atoms with E-state index in [1.54, 1.807) is 18.2 Å². The number of nitriles is 1. The molecule has 0 saturated carbocycles. The molecule has 3 heterocycles. The largest absolute Gasteiger partial charge is 0.322 e. The van der Waals surface area contributed by atoms with Crippen molar-refractivity contribution < 1.29 is 4.39 Å². The van der Waals surface area contributed by atoms with Gasteiger partial charge in [-0.15, -0.1) is 5.10 Å². The average molecular weight is 375 g/mol. The Kier molecular flexibility index (Phi) is 4.73. The van der Waals surface area contributed by atoms with Gasteiger partial charge in [0.05, 0.1) is 11.1 Å². The van der Waals surface area contributed by atoms with E-state index in [1.807, 2.05) is 41.1 Å². The second kappa shape index (κ2) is 7.48. The number of hydrogen-bond donors (Lipinski definition) is 1. The Hall–Kier alpha value is -3.37. The molecule has 0 aliphatic rings. The third kappa shape index (κ3) is 3.76. The molecule has 0 bridgehead atoms. The third-order valence-electron chi connectivity index (χ3n) is 4.02. The van der Waals surface area contributed by atoms with Crippen LogP contribution in [0, 0.1) is 17.1 Å². The maximum absolute atomic E-state index is 12.9. The number of halogens is 1. The molecule has 0 radical (unpaired) electrons. The number of thioether (sulfide) groups is 1. The van der Waals surface area contributed by atoms with E-state index in [0.717, 1.165) is 16.6 Å². The van der Waals surface area contributed by atoms with Gasteiger partial charge in [-0.25, -0.2) is 9.37 Å². The van der Waals surface area contributed by atoms with Gasteiger partial charge in [-0.3, -0.25) is 5.10 Å². The van der Waals surface area contributed by atoms with Gasteiger partial charge in [0, 0.05) is 18.1 Å². The number of nitrogens with one attached hydrogen (secondary N) is 1.